The Bertz CT molecular complexity index is 1470. The third kappa shape index (κ3) is 4.60. The van der Waals surface area contributed by atoms with E-state index in [1.54, 1.807) is 11.5 Å². The molecule has 1 aromatic heterocycles. The Morgan fingerprint density at radius 1 is 0.977 bits per heavy atom. The van der Waals surface area contributed by atoms with Gasteiger partial charge in [0.2, 0.25) is 11.8 Å². The second-order valence-electron chi connectivity index (χ2n) is 17.0. The standard InChI is InChI=1S/C35H56N2O4Si2/c1-16-34(11)27(40-42(12,13)31(3,4)5)20-24-29(41-43(14,15)32(6,7)8)35(34,30(36)39)23-18-17-19-26-28(23)25(33(24,9)10)21-37(26)22(2)38/h16-19,21,24,27,29H,1,20H2,2-15H3,(H2,36,39)/t24-,27-,29+,34+,35-/m0/s1. The van der Waals surface area contributed by atoms with Crippen LogP contribution in [-0.4, -0.2) is 45.2 Å². The number of amides is 1. The van der Waals surface area contributed by atoms with E-state index in [-0.39, 0.29) is 28.0 Å². The van der Waals surface area contributed by atoms with Crippen LogP contribution >= 0.6 is 0 Å². The first kappa shape index (κ1) is 33.9. The van der Waals surface area contributed by atoms with Crippen LogP contribution in [0.15, 0.2) is 37.1 Å². The van der Waals surface area contributed by atoms with Crippen molar-refractivity contribution in [2.24, 2.45) is 17.1 Å². The first-order valence-corrected chi connectivity index (χ1v) is 21.6. The predicted molar refractivity (Wildman–Crippen MR) is 183 cm³/mol. The van der Waals surface area contributed by atoms with Gasteiger partial charge >= 0.3 is 0 Å². The lowest BCUT2D eigenvalue weighted by atomic mass is 9.47. The van der Waals surface area contributed by atoms with Gasteiger partial charge in [0, 0.05) is 23.9 Å². The number of rotatable bonds is 6. The molecule has 2 N–H and O–H groups in total. The van der Waals surface area contributed by atoms with Crippen molar-refractivity contribution in [2.75, 3.05) is 0 Å². The molecule has 0 aliphatic heterocycles. The second kappa shape index (κ2) is 10.00. The summed E-state index contributed by atoms with van der Waals surface area (Å²) < 4.78 is 16.6. The Labute approximate surface area is 262 Å². The first-order chi connectivity index (χ1) is 19.3. The van der Waals surface area contributed by atoms with Crippen molar-refractivity contribution in [2.45, 2.75) is 135 Å². The molecule has 8 heteroatoms. The van der Waals surface area contributed by atoms with Gasteiger partial charge in [-0.15, -0.1) is 6.58 Å². The summed E-state index contributed by atoms with van der Waals surface area (Å²) in [5.41, 5.74) is 6.76. The average Bonchev–Trinajstić information content (AvgIpc) is 3.23. The van der Waals surface area contributed by atoms with Gasteiger partial charge in [-0.2, -0.15) is 0 Å². The molecule has 4 rings (SSSR count). The molecule has 0 saturated heterocycles. The minimum absolute atomic E-state index is 0.0340. The van der Waals surface area contributed by atoms with E-state index in [1.807, 2.05) is 30.5 Å². The number of primary amides is 1. The molecule has 2 aliphatic carbocycles. The molecule has 238 valence electrons. The maximum atomic E-state index is 14.7. The van der Waals surface area contributed by atoms with E-state index in [9.17, 15) is 9.59 Å². The van der Waals surface area contributed by atoms with Gasteiger partial charge in [0.15, 0.2) is 16.6 Å². The van der Waals surface area contributed by atoms with Crippen molar-refractivity contribution in [3.63, 3.8) is 0 Å². The highest BCUT2D eigenvalue weighted by Gasteiger charge is 2.71. The Hall–Kier alpha value is -2.01. The predicted octanol–water partition coefficient (Wildman–Crippen LogP) is 8.31. The fourth-order valence-corrected chi connectivity index (χ4v) is 10.1. The third-order valence-corrected chi connectivity index (χ3v) is 21.2. The van der Waals surface area contributed by atoms with Crippen LogP contribution in [-0.2, 0) is 24.5 Å². The lowest BCUT2D eigenvalue weighted by Crippen LogP contribution is -2.73. The molecule has 0 radical (unpaired) electrons. The van der Waals surface area contributed by atoms with Gasteiger partial charge < -0.3 is 14.6 Å². The Morgan fingerprint density at radius 3 is 1.98 bits per heavy atom. The van der Waals surface area contributed by atoms with Crippen molar-refractivity contribution in [1.82, 2.24) is 4.57 Å². The highest BCUT2D eigenvalue weighted by atomic mass is 28.4. The number of nitrogens with zero attached hydrogens (tertiary/aromatic N) is 1. The van der Waals surface area contributed by atoms with Crippen molar-refractivity contribution in [3.8, 4) is 0 Å². The SMILES string of the molecule is C=C[C@]1(C)[C@@H](O[Si](C)(C)C(C)(C)C)C[C@H]2[C@@H](O[Si](C)(C)C(C)(C)C)[C@]1(C(N)=O)c1cccc3c1c(cn3C(C)=O)C2(C)C. The zero-order chi connectivity index (χ0) is 32.9. The summed E-state index contributed by atoms with van der Waals surface area (Å²) in [6.45, 7) is 35.0. The number of hydrogen-bond acceptors (Lipinski definition) is 4. The zero-order valence-electron chi connectivity index (χ0n) is 29.2. The molecule has 5 atom stereocenters. The van der Waals surface area contributed by atoms with Crippen LogP contribution in [0, 0.1) is 11.3 Å². The smallest absolute Gasteiger partial charge is 0.231 e. The highest BCUT2D eigenvalue weighted by molar-refractivity contribution is 6.74. The number of fused-ring (bicyclic) bond motifs is 3. The molecule has 1 heterocycles. The Balaban J connectivity index is 2.22. The van der Waals surface area contributed by atoms with E-state index in [2.05, 4.69) is 95.1 Å². The molecule has 1 amide bonds. The number of benzene rings is 1. The number of carbonyl (C=O) groups is 2. The topological polar surface area (TPSA) is 83.6 Å². The van der Waals surface area contributed by atoms with Crippen LogP contribution in [0.1, 0.15) is 91.6 Å². The number of hydrogen-bond donors (Lipinski definition) is 1. The molecule has 1 fully saturated rings. The van der Waals surface area contributed by atoms with Crippen molar-refractivity contribution in [3.05, 3.63) is 48.2 Å². The summed E-state index contributed by atoms with van der Waals surface area (Å²) >= 11 is 0. The Morgan fingerprint density at radius 2 is 1.51 bits per heavy atom. The quantitative estimate of drug-likeness (QED) is 0.259. The highest BCUT2D eigenvalue weighted by Crippen LogP contribution is 2.65. The average molecular weight is 625 g/mol. The Kier molecular flexibility index (Phi) is 7.88. The van der Waals surface area contributed by atoms with Crippen LogP contribution < -0.4 is 5.73 Å². The monoisotopic (exact) mass is 624 g/mol. The van der Waals surface area contributed by atoms with Crippen molar-refractivity contribution in [1.29, 1.82) is 0 Å². The summed E-state index contributed by atoms with van der Waals surface area (Å²) in [6, 6.07) is 5.96. The lowest BCUT2D eigenvalue weighted by molar-refractivity contribution is -0.158. The lowest BCUT2D eigenvalue weighted by Gasteiger charge is -2.63. The number of aromatic nitrogens is 1. The minimum Gasteiger partial charge on any atom is -0.413 e. The normalized spacial score (nSPS) is 29.3. The van der Waals surface area contributed by atoms with E-state index in [4.69, 9.17) is 14.6 Å². The zero-order valence-corrected chi connectivity index (χ0v) is 31.2. The van der Waals surface area contributed by atoms with Crippen LogP contribution in [0.2, 0.25) is 36.3 Å². The molecule has 1 aromatic carbocycles. The number of nitrogens with two attached hydrogens (primary N) is 1. The van der Waals surface area contributed by atoms with Gasteiger partial charge in [0.05, 0.1) is 17.7 Å². The van der Waals surface area contributed by atoms with Crippen LogP contribution in [0.3, 0.4) is 0 Å². The number of carbonyl (C=O) groups excluding carboxylic acids is 2. The fraction of sp³-hybridized carbons (Fsp3) is 0.657. The van der Waals surface area contributed by atoms with Crippen LogP contribution in [0.4, 0.5) is 0 Å². The molecule has 43 heavy (non-hydrogen) atoms. The summed E-state index contributed by atoms with van der Waals surface area (Å²) in [4.78, 5) is 27.6. The van der Waals surface area contributed by atoms with E-state index in [0.29, 0.717) is 6.42 Å². The fourth-order valence-electron chi connectivity index (χ4n) is 7.34. The van der Waals surface area contributed by atoms with Gasteiger partial charge in [-0.3, -0.25) is 14.2 Å². The third-order valence-electron chi connectivity index (χ3n) is 12.3. The molecule has 0 spiro atoms. The van der Waals surface area contributed by atoms with E-state index in [0.717, 1.165) is 22.0 Å². The van der Waals surface area contributed by atoms with Crippen LogP contribution in [0.5, 0.6) is 0 Å². The molecule has 2 aliphatic rings. The molecule has 0 unspecified atom stereocenters. The summed E-state index contributed by atoms with van der Waals surface area (Å²) in [6.07, 6.45) is 3.75. The van der Waals surface area contributed by atoms with Gasteiger partial charge in [-0.25, -0.2) is 0 Å². The molecular weight excluding hydrogens is 569 g/mol. The van der Waals surface area contributed by atoms with Crippen molar-refractivity contribution >= 4 is 39.4 Å². The summed E-state index contributed by atoms with van der Waals surface area (Å²) in [7, 11) is -4.74. The van der Waals surface area contributed by atoms with Gasteiger partial charge in [0.1, 0.15) is 5.41 Å². The molecule has 6 nitrogen and oxygen atoms in total. The molecule has 2 bridgehead atoms. The molecule has 1 saturated carbocycles. The summed E-state index contributed by atoms with van der Waals surface area (Å²) in [5.74, 6) is -0.628. The summed E-state index contributed by atoms with van der Waals surface area (Å²) in [5, 5.41) is 0.798. The molecular formula is C35H56N2O4Si2. The largest absolute Gasteiger partial charge is 0.413 e. The van der Waals surface area contributed by atoms with Gasteiger partial charge in [-0.1, -0.05) is 80.5 Å². The van der Waals surface area contributed by atoms with Crippen LogP contribution in [0.25, 0.3) is 10.9 Å². The van der Waals surface area contributed by atoms with Gasteiger partial charge in [0.25, 0.3) is 0 Å². The second-order valence-corrected chi connectivity index (χ2v) is 26.5. The maximum Gasteiger partial charge on any atom is 0.231 e. The van der Waals surface area contributed by atoms with E-state index in [1.165, 1.54) is 0 Å². The van der Waals surface area contributed by atoms with Gasteiger partial charge in [-0.05, 0) is 71.2 Å². The first-order valence-electron chi connectivity index (χ1n) is 15.8. The maximum absolute atomic E-state index is 14.7. The van der Waals surface area contributed by atoms with Crippen molar-refractivity contribution < 1.29 is 18.4 Å². The van der Waals surface area contributed by atoms with E-state index < -0.39 is 44.9 Å². The molecule has 2 aromatic rings. The minimum atomic E-state index is -2.44. The van der Waals surface area contributed by atoms with E-state index >= 15 is 0 Å².